The number of hydrogen-bond donors (Lipinski definition) is 0. The van der Waals surface area contributed by atoms with Gasteiger partial charge in [-0.15, -0.1) is 0 Å². The summed E-state index contributed by atoms with van der Waals surface area (Å²) in [7, 11) is 0. The van der Waals surface area contributed by atoms with Crippen LogP contribution in [0.3, 0.4) is 0 Å². The van der Waals surface area contributed by atoms with Crippen LogP contribution in [0.25, 0.3) is 0 Å². The van der Waals surface area contributed by atoms with E-state index in [1.165, 1.54) is 6.07 Å². The number of aliphatic imine (C=N–C) groups is 1. The highest BCUT2D eigenvalue weighted by Crippen LogP contribution is 2.25. The average Bonchev–Trinajstić information content (AvgIpc) is 2.79. The summed E-state index contributed by atoms with van der Waals surface area (Å²) in [4.78, 5) is 35.0. The minimum Gasteiger partial charge on any atom is -0.347 e. The third-order valence-electron chi connectivity index (χ3n) is 6.04. The third-order valence-corrected chi connectivity index (χ3v) is 6.04. The normalized spacial score (nSPS) is 18.2. The van der Waals surface area contributed by atoms with Gasteiger partial charge in [0.25, 0.3) is 5.91 Å². The van der Waals surface area contributed by atoms with Gasteiger partial charge in [0.1, 0.15) is 12.5 Å². The predicted octanol–water partition coefficient (Wildman–Crippen LogP) is 3.31. The summed E-state index contributed by atoms with van der Waals surface area (Å²) >= 11 is 0. The molecule has 1 saturated heterocycles. The molecule has 2 aliphatic rings. The largest absolute Gasteiger partial charge is 0.347 e. The number of nitrogens with zero attached hydrogens (tertiary/aromatic N) is 4. The van der Waals surface area contributed by atoms with Gasteiger partial charge in [0, 0.05) is 56.6 Å². The average molecular weight is 423 g/mol. The number of carbonyl (C=O) groups excluding carboxylic acids is 2. The maximum atomic E-state index is 14.6. The zero-order valence-electron chi connectivity index (χ0n) is 17.9. The van der Waals surface area contributed by atoms with Gasteiger partial charge in [-0.05, 0) is 30.2 Å². The Balaban J connectivity index is 1.53. The molecule has 7 heteroatoms. The van der Waals surface area contributed by atoms with Crippen molar-refractivity contribution in [3.8, 4) is 0 Å². The van der Waals surface area contributed by atoms with Crippen LogP contribution in [-0.4, -0.2) is 60.2 Å². The van der Waals surface area contributed by atoms with Crippen molar-refractivity contribution in [2.75, 3.05) is 31.2 Å². The number of piperazine rings is 1. The number of para-hydroxylation sites is 1. The molecule has 0 saturated carbocycles. The Hall–Kier alpha value is -3.22. The molecule has 2 amide bonds. The number of amides is 2. The number of halogens is 1. The van der Waals surface area contributed by atoms with Gasteiger partial charge in [-0.25, -0.2) is 4.39 Å². The Bertz CT molecular complexity index is 1020. The number of fused-ring (bicyclic) bond motifs is 1. The van der Waals surface area contributed by atoms with Gasteiger partial charge >= 0.3 is 0 Å². The number of anilines is 1. The van der Waals surface area contributed by atoms with E-state index in [4.69, 9.17) is 0 Å². The summed E-state index contributed by atoms with van der Waals surface area (Å²) in [5, 5.41) is 0. The van der Waals surface area contributed by atoms with Crippen LogP contribution in [0.2, 0.25) is 0 Å². The number of carbonyl (C=O) groups is 2. The summed E-state index contributed by atoms with van der Waals surface area (Å²) < 4.78 is 14.6. The molecule has 162 valence electrons. The fourth-order valence-electron chi connectivity index (χ4n) is 4.36. The molecule has 1 fully saturated rings. The Morgan fingerprint density at radius 3 is 2.74 bits per heavy atom. The van der Waals surface area contributed by atoms with E-state index in [0.717, 1.165) is 23.2 Å². The van der Waals surface area contributed by atoms with Crippen molar-refractivity contribution in [2.24, 2.45) is 4.99 Å². The molecule has 6 nitrogen and oxygen atoms in total. The predicted molar refractivity (Wildman–Crippen MR) is 119 cm³/mol. The number of hydrogen-bond acceptors (Lipinski definition) is 4. The minimum atomic E-state index is -0.520. The zero-order valence-corrected chi connectivity index (χ0v) is 17.9. The molecule has 0 bridgehead atoms. The molecule has 2 aromatic rings. The molecule has 31 heavy (non-hydrogen) atoms. The van der Waals surface area contributed by atoms with Crippen molar-refractivity contribution >= 4 is 23.7 Å². The highest BCUT2D eigenvalue weighted by Gasteiger charge is 2.31. The quantitative estimate of drug-likeness (QED) is 0.760. The Labute approximate surface area is 182 Å². The maximum absolute atomic E-state index is 14.6. The van der Waals surface area contributed by atoms with E-state index in [9.17, 15) is 14.0 Å². The van der Waals surface area contributed by atoms with Crippen LogP contribution in [0.4, 0.5) is 10.1 Å². The van der Waals surface area contributed by atoms with E-state index < -0.39 is 5.82 Å². The summed E-state index contributed by atoms with van der Waals surface area (Å²) in [6.45, 7) is 5.90. The third kappa shape index (κ3) is 4.31. The molecule has 0 aliphatic carbocycles. The van der Waals surface area contributed by atoms with E-state index in [2.05, 4.69) is 9.89 Å². The first-order valence-electron chi connectivity index (χ1n) is 10.7. The second-order valence-corrected chi connectivity index (χ2v) is 8.05. The maximum Gasteiger partial charge on any atom is 0.256 e. The van der Waals surface area contributed by atoms with Crippen molar-refractivity contribution in [1.29, 1.82) is 0 Å². The second kappa shape index (κ2) is 8.88. The first-order valence-corrected chi connectivity index (χ1v) is 10.7. The van der Waals surface area contributed by atoms with E-state index in [1.54, 1.807) is 28.9 Å². The molecule has 1 atom stereocenters. The lowest BCUT2D eigenvalue weighted by Crippen LogP contribution is -2.55. The Kier molecular flexibility index (Phi) is 6.02. The van der Waals surface area contributed by atoms with E-state index in [-0.39, 0.29) is 23.4 Å². The fourth-order valence-corrected chi connectivity index (χ4v) is 4.36. The molecular formula is C24H27FN4O2. The van der Waals surface area contributed by atoms with Crippen molar-refractivity contribution in [3.63, 3.8) is 0 Å². The van der Waals surface area contributed by atoms with Gasteiger partial charge in [0.15, 0.2) is 0 Å². The van der Waals surface area contributed by atoms with Crippen LogP contribution in [-0.2, 0) is 11.3 Å². The van der Waals surface area contributed by atoms with Crippen molar-refractivity contribution in [2.45, 2.75) is 32.9 Å². The lowest BCUT2D eigenvalue weighted by atomic mass is 10.0. The molecule has 2 aliphatic heterocycles. The second-order valence-electron chi connectivity index (χ2n) is 8.05. The highest BCUT2D eigenvalue weighted by atomic mass is 19.1. The Morgan fingerprint density at radius 1 is 1.16 bits per heavy atom. The summed E-state index contributed by atoms with van der Waals surface area (Å²) in [6.07, 6.45) is 2.61. The number of rotatable bonds is 4. The van der Waals surface area contributed by atoms with E-state index in [1.807, 2.05) is 37.4 Å². The molecule has 2 aromatic carbocycles. The van der Waals surface area contributed by atoms with E-state index in [0.29, 0.717) is 32.8 Å². The van der Waals surface area contributed by atoms with Crippen LogP contribution < -0.4 is 4.90 Å². The SMILES string of the molecule is CC[C@@H]1CN(C(=O)c2cc(CN3CN=Cc4ccccc43)ccc2F)CCN1C(C)=O. The molecule has 4 rings (SSSR count). The summed E-state index contributed by atoms with van der Waals surface area (Å²) in [5.41, 5.74) is 3.05. The van der Waals surface area contributed by atoms with Crippen molar-refractivity contribution < 1.29 is 14.0 Å². The first kappa shape index (κ1) is 21.0. The summed E-state index contributed by atoms with van der Waals surface area (Å²) in [5.74, 6) is -0.831. The van der Waals surface area contributed by atoms with Gasteiger partial charge in [-0.2, -0.15) is 0 Å². The van der Waals surface area contributed by atoms with Crippen LogP contribution in [0.1, 0.15) is 41.8 Å². The van der Waals surface area contributed by atoms with Crippen LogP contribution in [0.15, 0.2) is 47.5 Å². The molecule has 0 unspecified atom stereocenters. The van der Waals surface area contributed by atoms with Gasteiger partial charge in [-0.1, -0.05) is 31.2 Å². The molecular weight excluding hydrogens is 395 g/mol. The van der Waals surface area contributed by atoms with Crippen LogP contribution >= 0.6 is 0 Å². The lowest BCUT2D eigenvalue weighted by molar-refractivity contribution is -0.133. The van der Waals surface area contributed by atoms with Gasteiger partial charge in [-0.3, -0.25) is 14.6 Å². The van der Waals surface area contributed by atoms with Crippen LogP contribution in [0.5, 0.6) is 0 Å². The fraction of sp³-hybridized carbons (Fsp3) is 0.375. The standard InChI is InChI=1S/C24H27FN4O2/c1-3-20-15-27(10-11-29(20)17(2)30)24(31)21-12-18(8-9-22(21)25)14-28-16-26-13-19-6-4-5-7-23(19)28/h4-9,12-13,20H,3,10-11,14-16H2,1-2H3/t20-/m1/s1. The van der Waals surface area contributed by atoms with Crippen molar-refractivity contribution in [3.05, 3.63) is 65.0 Å². The smallest absolute Gasteiger partial charge is 0.256 e. The molecule has 0 spiro atoms. The highest BCUT2D eigenvalue weighted by molar-refractivity contribution is 5.95. The number of benzene rings is 2. The monoisotopic (exact) mass is 422 g/mol. The molecule has 0 aromatic heterocycles. The van der Waals surface area contributed by atoms with Gasteiger partial charge < -0.3 is 14.7 Å². The summed E-state index contributed by atoms with van der Waals surface area (Å²) in [6, 6.07) is 12.7. The molecule has 2 heterocycles. The molecule has 0 N–H and O–H groups in total. The van der Waals surface area contributed by atoms with E-state index >= 15 is 0 Å². The Morgan fingerprint density at radius 2 is 1.97 bits per heavy atom. The first-order chi connectivity index (χ1) is 15.0. The van der Waals surface area contributed by atoms with Gasteiger partial charge in [0.2, 0.25) is 5.91 Å². The zero-order chi connectivity index (χ0) is 22.0. The van der Waals surface area contributed by atoms with Crippen molar-refractivity contribution in [1.82, 2.24) is 9.80 Å². The molecule has 0 radical (unpaired) electrons. The minimum absolute atomic E-state index is 0.0107. The lowest BCUT2D eigenvalue weighted by Gasteiger charge is -2.40. The van der Waals surface area contributed by atoms with Gasteiger partial charge in [0.05, 0.1) is 5.56 Å². The topological polar surface area (TPSA) is 56.2 Å². The van der Waals surface area contributed by atoms with Crippen LogP contribution in [0, 0.1) is 5.82 Å².